The van der Waals surface area contributed by atoms with E-state index in [1.165, 1.54) is 38.6 Å². The number of methoxy groups -OCH3 is 2. The third-order valence-corrected chi connectivity index (χ3v) is 5.51. The van der Waals surface area contributed by atoms with E-state index in [1.54, 1.807) is 24.3 Å². The predicted molar refractivity (Wildman–Crippen MR) is 91.2 cm³/mol. The molecule has 2 N–H and O–H groups in total. The van der Waals surface area contributed by atoms with E-state index >= 15 is 0 Å². The molecule has 1 aromatic heterocycles. The average molecular weight is 344 g/mol. The lowest BCUT2D eigenvalue weighted by molar-refractivity contribution is 0.355. The maximum atomic E-state index is 13.0. The van der Waals surface area contributed by atoms with Crippen LogP contribution in [0, 0.1) is 0 Å². The molecule has 1 heterocycles. The molecule has 7 heteroatoms. The number of nitrogens with two attached hydrogens (primary N) is 1. The first-order valence-electron chi connectivity index (χ1n) is 7.08. The fourth-order valence-corrected chi connectivity index (χ4v) is 3.90. The Balaban J connectivity index is 2.27. The molecule has 24 heavy (non-hydrogen) atoms. The maximum Gasteiger partial charge on any atom is 0.207 e. The van der Waals surface area contributed by atoms with Gasteiger partial charge in [0.05, 0.1) is 29.5 Å². The molecule has 0 spiro atoms. The Hall–Kier alpha value is -2.80. The highest BCUT2D eigenvalue weighted by Gasteiger charge is 2.22. The van der Waals surface area contributed by atoms with E-state index in [4.69, 9.17) is 15.2 Å². The zero-order chi connectivity index (χ0) is 17.3. The first kappa shape index (κ1) is 16.1. The summed E-state index contributed by atoms with van der Waals surface area (Å²) in [6.45, 7) is 0. The van der Waals surface area contributed by atoms with Crippen LogP contribution in [0.5, 0.6) is 11.5 Å². The van der Waals surface area contributed by atoms with Gasteiger partial charge in [0.2, 0.25) is 9.84 Å². The lowest BCUT2D eigenvalue weighted by Gasteiger charge is -2.12. The van der Waals surface area contributed by atoms with E-state index in [9.17, 15) is 8.42 Å². The molecule has 0 fully saturated rings. The molecule has 0 saturated heterocycles. The highest BCUT2D eigenvalue weighted by molar-refractivity contribution is 7.91. The van der Waals surface area contributed by atoms with Crippen molar-refractivity contribution in [3.05, 3.63) is 48.7 Å². The van der Waals surface area contributed by atoms with Crippen LogP contribution in [-0.2, 0) is 9.84 Å². The highest BCUT2D eigenvalue weighted by atomic mass is 32.2. The average Bonchev–Trinajstić information content (AvgIpc) is 2.60. The topological polar surface area (TPSA) is 91.5 Å². The molecule has 2 aromatic carbocycles. The quantitative estimate of drug-likeness (QED) is 0.732. The number of rotatable bonds is 4. The summed E-state index contributed by atoms with van der Waals surface area (Å²) in [5.41, 5.74) is 6.64. The molecule has 0 atom stereocenters. The molecule has 0 radical (unpaired) electrons. The molecule has 3 aromatic rings. The van der Waals surface area contributed by atoms with Crippen LogP contribution in [0.3, 0.4) is 0 Å². The van der Waals surface area contributed by atoms with Gasteiger partial charge in [-0.05, 0) is 36.4 Å². The Morgan fingerprint density at radius 2 is 1.58 bits per heavy atom. The zero-order valence-electron chi connectivity index (χ0n) is 13.2. The number of fused-ring (bicyclic) bond motifs is 1. The van der Waals surface area contributed by atoms with E-state index in [-0.39, 0.29) is 9.79 Å². The van der Waals surface area contributed by atoms with Gasteiger partial charge < -0.3 is 15.2 Å². The molecule has 0 amide bonds. The van der Waals surface area contributed by atoms with Gasteiger partial charge in [-0.1, -0.05) is 0 Å². The van der Waals surface area contributed by atoms with E-state index in [0.717, 1.165) is 0 Å². The van der Waals surface area contributed by atoms with Crippen molar-refractivity contribution in [3.8, 4) is 11.5 Å². The number of anilines is 1. The Labute approximate surface area is 139 Å². The van der Waals surface area contributed by atoms with E-state index < -0.39 is 9.84 Å². The molecule has 3 rings (SSSR count). The second kappa shape index (κ2) is 6.01. The number of pyridine rings is 1. The van der Waals surface area contributed by atoms with Gasteiger partial charge in [-0.15, -0.1) is 0 Å². The number of sulfone groups is 1. The zero-order valence-corrected chi connectivity index (χ0v) is 14.0. The highest BCUT2D eigenvalue weighted by Crippen LogP contribution is 2.35. The summed E-state index contributed by atoms with van der Waals surface area (Å²) < 4.78 is 36.5. The SMILES string of the molecule is COc1cc2nccc(S(=O)(=O)c3ccc(N)cc3)c2cc1OC. The minimum atomic E-state index is -3.72. The number of ether oxygens (including phenoxy) is 2. The Morgan fingerprint density at radius 1 is 0.958 bits per heavy atom. The van der Waals surface area contributed by atoms with Gasteiger partial charge >= 0.3 is 0 Å². The fraction of sp³-hybridized carbons (Fsp3) is 0.118. The molecule has 0 saturated carbocycles. The number of benzene rings is 2. The third-order valence-electron chi connectivity index (χ3n) is 3.69. The normalized spacial score (nSPS) is 11.4. The first-order chi connectivity index (χ1) is 11.5. The lowest BCUT2D eigenvalue weighted by atomic mass is 10.2. The maximum absolute atomic E-state index is 13.0. The number of nitrogens with zero attached hydrogens (tertiary/aromatic N) is 1. The van der Waals surface area contributed by atoms with Gasteiger partial charge in [0.25, 0.3) is 0 Å². The van der Waals surface area contributed by atoms with Crippen LogP contribution >= 0.6 is 0 Å². The molecule has 6 nitrogen and oxygen atoms in total. The largest absolute Gasteiger partial charge is 0.493 e. The molecular formula is C17H16N2O4S. The summed E-state index contributed by atoms with van der Waals surface area (Å²) in [5, 5.41) is 0.465. The van der Waals surface area contributed by atoms with Crippen LogP contribution < -0.4 is 15.2 Å². The standard InChI is InChI=1S/C17H16N2O4S/c1-22-15-9-13-14(10-16(15)23-2)19-8-7-17(13)24(20,21)12-5-3-11(18)4-6-12/h3-10H,18H2,1-2H3. The van der Waals surface area contributed by atoms with Crippen molar-refractivity contribution in [2.75, 3.05) is 20.0 Å². The van der Waals surface area contributed by atoms with Gasteiger partial charge in [0.15, 0.2) is 11.5 Å². The van der Waals surface area contributed by atoms with Crippen LogP contribution in [0.25, 0.3) is 10.9 Å². The summed E-state index contributed by atoms with van der Waals surface area (Å²) in [4.78, 5) is 4.54. The number of hydrogen-bond acceptors (Lipinski definition) is 6. The van der Waals surface area contributed by atoms with Crippen molar-refractivity contribution in [3.63, 3.8) is 0 Å². The van der Waals surface area contributed by atoms with Gasteiger partial charge in [-0.25, -0.2) is 8.42 Å². The van der Waals surface area contributed by atoms with Gasteiger partial charge in [0.1, 0.15) is 0 Å². The monoisotopic (exact) mass is 344 g/mol. The van der Waals surface area contributed by atoms with Gasteiger partial charge in [0, 0.05) is 23.3 Å². The molecular weight excluding hydrogens is 328 g/mol. The van der Waals surface area contributed by atoms with E-state index in [1.807, 2.05) is 0 Å². The summed E-state index contributed by atoms with van der Waals surface area (Å²) in [7, 11) is -0.712. The Kier molecular flexibility index (Phi) is 4.02. The molecule has 0 unspecified atom stereocenters. The van der Waals surface area contributed by atoms with Crippen molar-refractivity contribution in [2.45, 2.75) is 9.79 Å². The smallest absolute Gasteiger partial charge is 0.207 e. The fourth-order valence-electron chi connectivity index (χ4n) is 2.46. The molecule has 0 bridgehead atoms. The number of hydrogen-bond donors (Lipinski definition) is 1. The lowest BCUT2D eigenvalue weighted by Crippen LogP contribution is -2.04. The molecule has 0 aliphatic carbocycles. The minimum Gasteiger partial charge on any atom is -0.493 e. The van der Waals surface area contributed by atoms with Crippen LogP contribution in [0.1, 0.15) is 0 Å². The second-order valence-electron chi connectivity index (χ2n) is 5.11. The summed E-state index contributed by atoms with van der Waals surface area (Å²) in [6.07, 6.45) is 1.46. The Bertz CT molecular complexity index is 999. The van der Waals surface area contributed by atoms with Crippen molar-refractivity contribution in [2.24, 2.45) is 0 Å². The minimum absolute atomic E-state index is 0.151. The Morgan fingerprint density at radius 3 is 2.21 bits per heavy atom. The second-order valence-corrected chi connectivity index (χ2v) is 7.02. The van der Waals surface area contributed by atoms with E-state index in [2.05, 4.69) is 4.98 Å². The van der Waals surface area contributed by atoms with Gasteiger partial charge in [-0.2, -0.15) is 0 Å². The van der Waals surface area contributed by atoms with Crippen molar-refractivity contribution < 1.29 is 17.9 Å². The first-order valence-corrected chi connectivity index (χ1v) is 8.57. The summed E-state index contributed by atoms with van der Waals surface area (Å²) in [6, 6.07) is 10.8. The van der Waals surface area contributed by atoms with Crippen LogP contribution in [0.15, 0.2) is 58.5 Å². The number of nitrogen functional groups attached to an aromatic ring is 1. The molecule has 124 valence electrons. The van der Waals surface area contributed by atoms with Crippen molar-refractivity contribution in [1.29, 1.82) is 0 Å². The van der Waals surface area contributed by atoms with Gasteiger partial charge in [-0.3, -0.25) is 4.98 Å². The van der Waals surface area contributed by atoms with Crippen molar-refractivity contribution in [1.82, 2.24) is 4.98 Å². The van der Waals surface area contributed by atoms with Crippen LogP contribution in [0.2, 0.25) is 0 Å². The van der Waals surface area contributed by atoms with Crippen LogP contribution in [0.4, 0.5) is 5.69 Å². The predicted octanol–water partition coefficient (Wildman–Crippen LogP) is 2.67. The van der Waals surface area contributed by atoms with Crippen LogP contribution in [-0.4, -0.2) is 27.6 Å². The number of aromatic nitrogens is 1. The summed E-state index contributed by atoms with van der Waals surface area (Å²) >= 11 is 0. The molecule has 0 aliphatic heterocycles. The van der Waals surface area contributed by atoms with E-state index in [0.29, 0.717) is 28.1 Å². The summed E-state index contributed by atoms with van der Waals surface area (Å²) in [5.74, 6) is 0.922. The molecule has 0 aliphatic rings. The van der Waals surface area contributed by atoms with Crippen molar-refractivity contribution >= 4 is 26.4 Å². The third kappa shape index (κ3) is 2.63.